The molecule has 0 fully saturated rings. The van der Waals surface area contributed by atoms with Gasteiger partial charge in [-0.3, -0.25) is 10.1 Å². The van der Waals surface area contributed by atoms with Crippen molar-refractivity contribution in [1.29, 1.82) is 0 Å². The SMILES string of the molecule is CNCc1ccc(OCC=C(C)C)c([N+](=O)[O-])c1. The molecule has 98 valence electrons. The molecular formula is C13H18N2O3. The topological polar surface area (TPSA) is 64.4 Å². The van der Waals surface area contributed by atoms with Gasteiger partial charge in [-0.15, -0.1) is 0 Å². The highest BCUT2D eigenvalue weighted by Crippen LogP contribution is 2.28. The second kappa shape index (κ2) is 6.76. The van der Waals surface area contributed by atoms with Gasteiger partial charge in [0.2, 0.25) is 0 Å². The molecule has 0 spiro atoms. The van der Waals surface area contributed by atoms with Gasteiger partial charge in [0.15, 0.2) is 5.75 Å². The van der Waals surface area contributed by atoms with Gasteiger partial charge in [0.25, 0.3) is 0 Å². The minimum atomic E-state index is -0.420. The Hall–Kier alpha value is -1.88. The van der Waals surface area contributed by atoms with E-state index in [-0.39, 0.29) is 5.69 Å². The summed E-state index contributed by atoms with van der Waals surface area (Å²) in [7, 11) is 1.80. The number of hydrogen-bond acceptors (Lipinski definition) is 4. The Morgan fingerprint density at radius 3 is 2.78 bits per heavy atom. The number of nitrogens with zero attached hydrogens (tertiary/aromatic N) is 1. The average molecular weight is 250 g/mol. The van der Waals surface area contributed by atoms with E-state index in [9.17, 15) is 10.1 Å². The summed E-state index contributed by atoms with van der Waals surface area (Å²) in [5.41, 5.74) is 1.98. The minimum Gasteiger partial charge on any atom is -0.483 e. The van der Waals surface area contributed by atoms with Crippen molar-refractivity contribution >= 4 is 5.69 Å². The molecule has 18 heavy (non-hydrogen) atoms. The molecule has 5 nitrogen and oxygen atoms in total. The molecule has 0 atom stereocenters. The maximum absolute atomic E-state index is 11.0. The first-order valence-electron chi connectivity index (χ1n) is 5.72. The van der Waals surface area contributed by atoms with Crippen molar-refractivity contribution < 1.29 is 9.66 Å². The standard InChI is InChI=1S/C13H18N2O3/c1-10(2)6-7-18-13-5-4-11(9-14-3)8-12(13)15(16)17/h4-6,8,14H,7,9H2,1-3H3. The summed E-state index contributed by atoms with van der Waals surface area (Å²) in [5, 5.41) is 13.9. The Kier molecular flexibility index (Phi) is 5.32. The molecule has 0 aliphatic rings. The van der Waals surface area contributed by atoms with Gasteiger partial charge in [-0.25, -0.2) is 0 Å². The smallest absolute Gasteiger partial charge is 0.311 e. The number of hydrogen-bond donors (Lipinski definition) is 1. The van der Waals surface area contributed by atoms with Crippen molar-refractivity contribution in [3.63, 3.8) is 0 Å². The second-order valence-corrected chi connectivity index (χ2v) is 4.18. The maximum Gasteiger partial charge on any atom is 0.311 e. The lowest BCUT2D eigenvalue weighted by Gasteiger charge is -2.06. The molecule has 0 aromatic heterocycles. The number of ether oxygens (including phenoxy) is 1. The van der Waals surface area contributed by atoms with Crippen LogP contribution < -0.4 is 10.1 Å². The number of rotatable bonds is 6. The molecule has 0 bridgehead atoms. The van der Waals surface area contributed by atoms with Crippen LogP contribution >= 0.6 is 0 Å². The molecule has 5 heteroatoms. The normalized spacial score (nSPS) is 9.94. The molecule has 1 aromatic rings. The first-order valence-corrected chi connectivity index (χ1v) is 5.72. The van der Waals surface area contributed by atoms with Crippen LogP contribution in [0.2, 0.25) is 0 Å². The summed E-state index contributed by atoms with van der Waals surface area (Å²) in [5.74, 6) is 0.303. The summed E-state index contributed by atoms with van der Waals surface area (Å²) < 4.78 is 5.40. The van der Waals surface area contributed by atoms with Gasteiger partial charge in [0.1, 0.15) is 6.61 Å². The largest absolute Gasteiger partial charge is 0.483 e. The fourth-order valence-corrected chi connectivity index (χ4v) is 1.44. The number of nitrogens with one attached hydrogen (secondary N) is 1. The lowest BCUT2D eigenvalue weighted by Crippen LogP contribution is -2.06. The van der Waals surface area contributed by atoms with Crippen LogP contribution in [-0.4, -0.2) is 18.6 Å². The first-order chi connectivity index (χ1) is 8.54. The summed E-state index contributed by atoms with van der Waals surface area (Å²) in [4.78, 5) is 10.5. The van der Waals surface area contributed by atoms with Crippen LogP contribution in [0.25, 0.3) is 0 Å². The Morgan fingerprint density at radius 2 is 2.22 bits per heavy atom. The Morgan fingerprint density at radius 1 is 1.50 bits per heavy atom. The zero-order valence-electron chi connectivity index (χ0n) is 10.9. The first kappa shape index (κ1) is 14.2. The number of nitro benzene ring substituents is 1. The molecule has 0 saturated heterocycles. The maximum atomic E-state index is 11.0. The summed E-state index contributed by atoms with van der Waals surface area (Å²) in [6, 6.07) is 5.00. The lowest BCUT2D eigenvalue weighted by atomic mass is 10.2. The van der Waals surface area contributed by atoms with Crippen LogP contribution in [0.5, 0.6) is 5.75 Å². The van der Waals surface area contributed by atoms with E-state index in [1.807, 2.05) is 26.0 Å². The molecule has 0 saturated carbocycles. The van der Waals surface area contributed by atoms with E-state index in [1.54, 1.807) is 13.1 Å². The highest BCUT2D eigenvalue weighted by molar-refractivity contribution is 5.48. The highest BCUT2D eigenvalue weighted by Gasteiger charge is 2.15. The molecular weight excluding hydrogens is 232 g/mol. The Labute approximate surface area is 107 Å². The third kappa shape index (κ3) is 4.18. The minimum absolute atomic E-state index is 0.00454. The van der Waals surface area contributed by atoms with Gasteiger partial charge in [-0.1, -0.05) is 11.6 Å². The van der Waals surface area contributed by atoms with Gasteiger partial charge in [0, 0.05) is 12.6 Å². The molecule has 0 unspecified atom stereocenters. The van der Waals surface area contributed by atoms with Crippen molar-refractivity contribution in [2.24, 2.45) is 0 Å². The molecule has 0 aliphatic carbocycles. The van der Waals surface area contributed by atoms with Gasteiger partial charge in [-0.05, 0) is 38.6 Å². The van der Waals surface area contributed by atoms with Crippen molar-refractivity contribution in [3.8, 4) is 5.75 Å². The highest BCUT2D eigenvalue weighted by atomic mass is 16.6. The van der Waals surface area contributed by atoms with E-state index < -0.39 is 4.92 Å². The molecule has 0 radical (unpaired) electrons. The zero-order valence-corrected chi connectivity index (χ0v) is 10.9. The van der Waals surface area contributed by atoms with E-state index in [0.29, 0.717) is 18.9 Å². The fraction of sp³-hybridized carbons (Fsp3) is 0.385. The van der Waals surface area contributed by atoms with E-state index in [0.717, 1.165) is 11.1 Å². The molecule has 1 N–H and O–H groups in total. The van der Waals surface area contributed by atoms with E-state index in [1.165, 1.54) is 6.07 Å². The molecule has 0 heterocycles. The van der Waals surface area contributed by atoms with Gasteiger partial charge >= 0.3 is 5.69 Å². The van der Waals surface area contributed by atoms with Gasteiger partial charge in [-0.2, -0.15) is 0 Å². The number of nitro groups is 1. The van der Waals surface area contributed by atoms with Crippen LogP contribution in [0.1, 0.15) is 19.4 Å². The van der Waals surface area contributed by atoms with Gasteiger partial charge < -0.3 is 10.1 Å². The van der Waals surface area contributed by atoms with E-state index >= 15 is 0 Å². The van der Waals surface area contributed by atoms with E-state index in [2.05, 4.69) is 5.32 Å². The predicted molar refractivity (Wildman–Crippen MR) is 70.8 cm³/mol. The van der Waals surface area contributed by atoms with Crippen molar-refractivity contribution in [2.45, 2.75) is 20.4 Å². The predicted octanol–water partition coefficient (Wildman–Crippen LogP) is 2.66. The lowest BCUT2D eigenvalue weighted by molar-refractivity contribution is -0.385. The number of benzene rings is 1. The molecule has 1 rings (SSSR count). The van der Waals surface area contributed by atoms with Crippen LogP contribution in [0.4, 0.5) is 5.69 Å². The van der Waals surface area contributed by atoms with Crippen molar-refractivity contribution in [2.75, 3.05) is 13.7 Å². The summed E-state index contributed by atoms with van der Waals surface area (Å²) >= 11 is 0. The quantitative estimate of drug-likeness (QED) is 0.479. The summed E-state index contributed by atoms with van der Waals surface area (Å²) in [6.07, 6.45) is 1.88. The molecule has 0 amide bonds. The fourth-order valence-electron chi connectivity index (χ4n) is 1.44. The van der Waals surface area contributed by atoms with Crippen molar-refractivity contribution in [3.05, 3.63) is 45.5 Å². The average Bonchev–Trinajstić information content (AvgIpc) is 2.30. The molecule has 1 aromatic carbocycles. The van der Waals surface area contributed by atoms with Crippen LogP contribution in [0, 0.1) is 10.1 Å². The van der Waals surface area contributed by atoms with Crippen LogP contribution in [0.3, 0.4) is 0 Å². The van der Waals surface area contributed by atoms with E-state index in [4.69, 9.17) is 4.74 Å². The van der Waals surface area contributed by atoms with Crippen molar-refractivity contribution in [1.82, 2.24) is 5.32 Å². The van der Waals surface area contributed by atoms with Gasteiger partial charge in [0.05, 0.1) is 4.92 Å². The third-order valence-corrected chi connectivity index (χ3v) is 2.33. The van der Waals surface area contributed by atoms with Crippen LogP contribution in [-0.2, 0) is 6.54 Å². The van der Waals surface area contributed by atoms with Crippen LogP contribution in [0.15, 0.2) is 29.8 Å². The number of allylic oxidation sites excluding steroid dienone is 1. The second-order valence-electron chi connectivity index (χ2n) is 4.18. The third-order valence-electron chi connectivity index (χ3n) is 2.33. The zero-order chi connectivity index (χ0) is 13.5. The monoisotopic (exact) mass is 250 g/mol. The Balaban J connectivity index is 2.89. The summed E-state index contributed by atoms with van der Waals surface area (Å²) in [6.45, 7) is 4.84. The Bertz CT molecular complexity index is 452. The molecule has 0 aliphatic heterocycles.